The zero-order chi connectivity index (χ0) is 13.2. The van der Waals surface area contributed by atoms with Gasteiger partial charge in [0.05, 0.1) is 6.10 Å². The fourth-order valence-corrected chi connectivity index (χ4v) is 2.17. The summed E-state index contributed by atoms with van der Waals surface area (Å²) in [5.74, 6) is 0.471. The van der Waals surface area contributed by atoms with E-state index in [-0.39, 0.29) is 11.7 Å². The Labute approximate surface area is 104 Å². The van der Waals surface area contributed by atoms with Gasteiger partial charge in [0.25, 0.3) is 0 Å². The van der Waals surface area contributed by atoms with Crippen LogP contribution in [0.4, 0.5) is 13.2 Å². The van der Waals surface area contributed by atoms with E-state index in [4.69, 9.17) is 10.5 Å². The Morgan fingerprint density at radius 3 is 2.50 bits per heavy atom. The second-order valence-electron chi connectivity index (χ2n) is 4.62. The summed E-state index contributed by atoms with van der Waals surface area (Å²) < 4.78 is 43.2. The highest BCUT2D eigenvalue weighted by atomic mass is 19.4. The van der Waals surface area contributed by atoms with Crippen LogP contribution in [0.1, 0.15) is 37.3 Å². The van der Waals surface area contributed by atoms with Crippen LogP contribution in [0, 0.1) is 0 Å². The first-order chi connectivity index (χ1) is 8.47. The maximum Gasteiger partial charge on any atom is 0.407 e. The van der Waals surface area contributed by atoms with Crippen LogP contribution in [-0.2, 0) is 0 Å². The van der Waals surface area contributed by atoms with Gasteiger partial charge in [-0.2, -0.15) is 13.2 Å². The number of alkyl halides is 3. The van der Waals surface area contributed by atoms with Crippen LogP contribution < -0.4 is 10.5 Å². The Morgan fingerprint density at radius 1 is 1.22 bits per heavy atom. The molecule has 0 aliphatic heterocycles. The van der Waals surface area contributed by atoms with Gasteiger partial charge in [0.1, 0.15) is 11.8 Å². The molecule has 0 saturated heterocycles. The SMILES string of the molecule is N[C@@H](c1cccc(OC2CCCC2)c1)C(F)(F)F. The Hall–Kier alpha value is -1.23. The van der Waals surface area contributed by atoms with E-state index in [2.05, 4.69) is 0 Å². The summed E-state index contributed by atoms with van der Waals surface area (Å²) in [6.45, 7) is 0. The monoisotopic (exact) mass is 259 g/mol. The van der Waals surface area contributed by atoms with Gasteiger partial charge in [-0.1, -0.05) is 12.1 Å². The van der Waals surface area contributed by atoms with Crippen LogP contribution in [0.2, 0.25) is 0 Å². The Kier molecular flexibility index (Phi) is 3.80. The van der Waals surface area contributed by atoms with Crippen LogP contribution in [0.3, 0.4) is 0 Å². The molecule has 0 aromatic heterocycles. The number of rotatable bonds is 3. The quantitative estimate of drug-likeness (QED) is 0.900. The normalized spacial score (nSPS) is 18.9. The van der Waals surface area contributed by atoms with Gasteiger partial charge in [0, 0.05) is 0 Å². The van der Waals surface area contributed by atoms with Crippen LogP contribution in [0.5, 0.6) is 5.75 Å². The highest BCUT2D eigenvalue weighted by Gasteiger charge is 2.37. The van der Waals surface area contributed by atoms with Crippen molar-refractivity contribution in [3.8, 4) is 5.75 Å². The first kappa shape index (κ1) is 13.2. The van der Waals surface area contributed by atoms with Crippen molar-refractivity contribution in [1.82, 2.24) is 0 Å². The average Bonchev–Trinajstić information content (AvgIpc) is 2.80. The minimum atomic E-state index is -4.42. The van der Waals surface area contributed by atoms with E-state index in [0.29, 0.717) is 5.75 Å². The first-order valence-electron chi connectivity index (χ1n) is 6.06. The Balaban J connectivity index is 2.09. The summed E-state index contributed by atoms with van der Waals surface area (Å²) in [5, 5.41) is 0. The molecule has 1 aliphatic carbocycles. The predicted molar refractivity (Wildman–Crippen MR) is 62.3 cm³/mol. The van der Waals surface area contributed by atoms with Crippen molar-refractivity contribution >= 4 is 0 Å². The van der Waals surface area contributed by atoms with E-state index >= 15 is 0 Å². The Morgan fingerprint density at radius 2 is 1.89 bits per heavy atom. The predicted octanol–water partition coefficient (Wildman–Crippen LogP) is 3.57. The maximum atomic E-state index is 12.5. The minimum Gasteiger partial charge on any atom is -0.490 e. The number of benzene rings is 1. The van der Waals surface area contributed by atoms with Crippen LogP contribution in [0.15, 0.2) is 24.3 Å². The van der Waals surface area contributed by atoms with E-state index in [0.717, 1.165) is 25.7 Å². The third-order valence-corrected chi connectivity index (χ3v) is 3.17. The van der Waals surface area contributed by atoms with Crippen molar-refractivity contribution in [1.29, 1.82) is 0 Å². The second kappa shape index (κ2) is 5.18. The fourth-order valence-electron chi connectivity index (χ4n) is 2.17. The smallest absolute Gasteiger partial charge is 0.407 e. The molecule has 0 bridgehead atoms. The van der Waals surface area contributed by atoms with Crippen molar-refractivity contribution in [2.75, 3.05) is 0 Å². The number of ether oxygens (including phenoxy) is 1. The number of hydrogen-bond donors (Lipinski definition) is 1. The maximum absolute atomic E-state index is 12.5. The third-order valence-electron chi connectivity index (χ3n) is 3.17. The zero-order valence-electron chi connectivity index (χ0n) is 9.91. The molecule has 2 rings (SSSR count). The number of hydrogen-bond acceptors (Lipinski definition) is 2. The van der Waals surface area contributed by atoms with Crippen LogP contribution >= 0.6 is 0 Å². The van der Waals surface area contributed by atoms with Gasteiger partial charge in [-0.05, 0) is 43.4 Å². The summed E-state index contributed by atoms with van der Waals surface area (Å²) in [6, 6.07) is 4.02. The Bertz CT molecular complexity index is 399. The van der Waals surface area contributed by atoms with Gasteiger partial charge < -0.3 is 10.5 Å². The fraction of sp³-hybridized carbons (Fsp3) is 0.538. The standard InChI is InChI=1S/C13H16F3NO/c14-13(15,16)12(17)9-4-3-7-11(8-9)18-10-5-1-2-6-10/h3-4,7-8,10,12H,1-2,5-6,17H2/t12-/m0/s1. The molecule has 1 saturated carbocycles. The lowest BCUT2D eigenvalue weighted by atomic mass is 10.1. The van der Waals surface area contributed by atoms with E-state index < -0.39 is 12.2 Å². The van der Waals surface area contributed by atoms with Crippen LogP contribution in [-0.4, -0.2) is 12.3 Å². The molecule has 1 aliphatic rings. The molecule has 1 aromatic rings. The molecule has 0 spiro atoms. The van der Waals surface area contributed by atoms with E-state index in [1.165, 1.54) is 12.1 Å². The lowest BCUT2D eigenvalue weighted by Crippen LogP contribution is -2.28. The van der Waals surface area contributed by atoms with Crippen molar-refractivity contribution in [2.45, 2.75) is 44.0 Å². The van der Waals surface area contributed by atoms with Gasteiger partial charge in [-0.15, -0.1) is 0 Å². The van der Waals surface area contributed by atoms with Gasteiger partial charge in [-0.3, -0.25) is 0 Å². The lowest BCUT2D eigenvalue weighted by Gasteiger charge is -2.18. The molecule has 2 N–H and O–H groups in total. The summed E-state index contributed by atoms with van der Waals surface area (Å²) in [4.78, 5) is 0. The molecule has 1 atom stereocenters. The number of nitrogens with two attached hydrogens (primary N) is 1. The first-order valence-corrected chi connectivity index (χ1v) is 6.06. The molecule has 1 aromatic carbocycles. The summed E-state index contributed by atoms with van der Waals surface area (Å²) in [7, 11) is 0. The summed E-state index contributed by atoms with van der Waals surface area (Å²) in [6.07, 6.45) is -0.127. The van der Waals surface area contributed by atoms with Gasteiger partial charge in [0.15, 0.2) is 0 Å². The molecular formula is C13H16F3NO. The van der Waals surface area contributed by atoms with E-state index in [1.54, 1.807) is 12.1 Å². The molecule has 0 heterocycles. The highest BCUT2D eigenvalue weighted by Crippen LogP contribution is 2.32. The van der Waals surface area contributed by atoms with Gasteiger partial charge >= 0.3 is 6.18 Å². The van der Waals surface area contributed by atoms with E-state index in [1.807, 2.05) is 0 Å². The summed E-state index contributed by atoms with van der Waals surface area (Å²) >= 11 is 0. The van der Waals surface area contributed by atoms with Crippen molar-refractivity contribution in [3.63, 3.8) is 0 Å². The highest BCUT2D eigenvalue weighted by molar-refractivity contribution is 5.31. The summed E-state index contributed by atoms with van der Waals surface area (Å²) in [5.41, 5.74) is 5.21. The zero-order valence-corrected chi connectivity index (χ0v) is 9.91. The van der Waals surface area contributed by atoms with Crippen molar-refractivity contribution < 1.29 is 17.9 Å². The van der Waals surface area contributed by atoms with Gasteiger partial charge in [-0.25, -0.2) is 0 Å². The third kappa shape index (κ3) is 3.16. The van der Waals surface area contributed by atoms with Crippen molar-refractivity contribution in [2.24, 2.45) is 5.73 Å². The van der Waals surface area contributed by atoms with Gasteiger partial charge in [0.2, 0.25) is 0 Å². The largest absolute Gasteiger partial charge is 0.490 e. The van der Waals surface area contributed by atoms with Crippen molar-refractivity contribution in [3.05, 3.63) is 29.8 Å². The molecule has 2 nitrogen and oxygen atoms in total. The molecule has 0 radical (unpaired) electrons. The lowest BCUT2D eigenvalue weighted by molar-refractivity contribution is -0.149. The van der Waals surface area contributed by atoms with Crippen LogP contribution in [0.25, 0.3) is 0 Å². The minimum absolute atomic E-state index is 0.0398. The average molecular weight is 259 g/mol. The molecule has 5 heteroatoms. The number of halogens is 3. The van der Waals surface area contributed by atoms with E-state index in [9.17, 15) is 13.2 Å². The molecule has 18 heavy (non-hydrogen) atoms. The molecule has 100 valence electrons. The second-order valence-corrected chi connectivity index (χ2v) is 4.62. The topological polar surface area (TPSA) is 35.2 Å². The molecular weight excluding hydrogens is 243 g/mol. The molecule has 0 unspecified atom stereocenters. The molecule has 1 fully saturated rings. The molecule has 0 amide bonds.